The van der Waals surface area contributed by atoms with E-state index in [0.717, 1.165) is 37.1 Å². The summed E-state index contributed by atoms with van der Waals surface area (Å²) in [5.74, 6) is -0.198. The summed E-state index contributed by atoms with van der Waals surface area (Å²) in [5, 5.41) is 14.3. The normalized spacial score (nSPS) is 14.8. The fraction of sp³-hybridized carbons (Fsp3) is 0.471. The summed E-state index contributed by atoms with van der Waals surface area (Å²) >= 11 is 0. The van der Waals surface area contributed by atoms with Crippen LogP contribution in [0.25, 0.3) is 0 Å². The fourth-order valence-electron chi connectivity index (χ4n) is 2.82. The van der Waals surface area contributed by atoms with Gasteiger partial charge in [0.15, 0.2) is 5.69 Å². The largest absolute Gasteiger partial charge is 0.380 e. The first-order valence-corrected chi connectivity index (χ1v) is 8.24. The summed E-state index contributed by atoms with van der Waals surface area (Å²) in [6.45, 7) is 3.01. The highest BCUT2D eigenvalue weighted by atomic mass is 35.5. The number of hydrogen-bond donors (Lipinski definition) is 2. The van der Waals surface area contributed by atoms with Crippen LogP contribution in [0.3, 0.4) is 0 Å². The average Bonchev–Trinajstić information content (AvgIpc) is 3.12. The van der Waals surface area contributed by atoms with Gasteiger partial charge in [0.1, 0.15) is 0 Å². The predicted octanol–water partition coefficient (Wildman–Crippen LogP) is 1.70. The highest BCUT2D eigenvalue weighted by Gasteiger charge is 2.18. The Labute approximate surface area is 153 Å². The van der Waals surface area contributed by atoms with Crippen molar-refractivity contribution < 1.29 is 9.53 Å². The topological polar surface area (TPSA) is 81.1 Å². The van der Waals surface area contributed by atoms with E-state index in [1.165, 1.54) is 0 Å². The number of nitrogens with one attached hydrogen (secondary N) is 2. The maximum absolute atomic E-state index is 12.2. The van der Waals surface area contributed by atoms with Gasteiger partial charge < -0.3 is 15.4 Å². The molecular weight excluding hydrogens is 342 g/mol. The van der Waals surface area contributed by atoms with Crippen LogP contribution in [0.5, 0.6) is 0 Å². The van der Waals surface area contributed by atoms with Crippen LogP contribution in [0.1, 0.15) is 40.5 Å². The van der Waals surface area contributed by atoms with Crippen molar-refractivity contribution in [2.24, 2.45) is 0 Å². The van der Waals surface area contributed by atoms with Crippen molar-refractivity contribution >= 4 is 18.3 Å². The van der Waals surface area contributed by atoms with Gasteiger partial charge in [-0.25, -0.2) is 4.68 Å². The van der Waals surface area contributed by atoms with Crippen LogP contribution in [0.2, 0.25) is 0 Å². The minimum absolute atomic E-state index is 0. The molecule has 1 amide bonds. The van der Waals surface area contributed by atoms with E-state index in [2.05, 4.69) is 20.9 Å². The number of rotatable bonds is 6. The number of aromatic nitrogens is 3. The molecule has 1 aromatic carbocycles. The Morgan fingerprint density at radius 2 is 1.96 bits per heavy atom. The number of carbonyl (C=O) groups is 1. The van der Waals surface area contributed by atoms with Gasteiger partial charge in [-0.05, 0) is 37.1 Å². The minimum atomic E-state index is -0.198. The quantitative estimate of drug-likeness (QED) is 0.814. The third-order valence-electron chi connectivity index (χ3n) is 4.21. The summed E-state index contributed by atoms with van der Waals surface area (Å²) in [7, 11) is 1.67. The van der Waals surface area contributed by atoms with Crippen molar-refractivity contribution in [2.75, 3.05) is 20.2 Å². The molecule has 1 fully saturated rings. The molecule has 0 spiro atoms. The van der Waals surface area contributed by atoms with Gasteiger partial charge in [-0.15, -0.1) is 17.5 Å². The first-order valence-electron chi connectivity index (χ1n) is 8.24. The van der Waals surface area contributed by atoms with Crippen LogP contribution in [0.15, 0.2) is 30.5 Å². The number of methoxy groups -OCH3 is 1. The highest BCUT2D eigenvalue weighted by Crippen LogP contribution is 2.17. The number of ether oxygens (including phenoxy) is 1. The zero-order valence-corrected chi connectivity index (χ0v) is 15.1. The number of benzene rings is 1. The lowest BCUT2D eigenvalue weighted by atomic mass is 10.1. The van der Waals surface area contributed by atoms with E-state index in [1.54, 1.807) is 13.3 Å². The molecule has 1 aliphatic rings. The fourth-order valence-corrected chi connectivity index (χ4v) is 2.82. The maximum Gasteiger partial charge on any atom is 0.273 e. The van der Waals surface area contributed by atoms with E-state index in [0.29, 0.717) is 24.9 Å². The zero-order valence-electron chi connectivity index (χ0n) is 14.3. The van der Waals surface area contributed by atoms with E-state index < -0.39 is 0 Å². The molecule has 0 aliphatic carbocycles. The van der Waals surface area contributed by atoms with Crippen LogP contribution in [-0.2, 0) is 17.9 Å². The van der Waals surface area contributed by atoms with Crippen LogP contribution >= 0.6 is 12.4 Å². The maximum atomic E-state index is 12.2. The lowest BCUT2D eigenvalue weighted by Gasteiger charge is -2.22. The van der Waals surface area contributed by atoms with Crippen molar-refractivity contribution in [1.29, 1.82) is 0 Å². The molecule has 136 valence electrons. The second-order valence-electron chi connectivity index (χ2n) is 6.00. The van der Waals surface area contributed by atoms with Gasteiger partial charge in [0.2, 0.25) is 0 Å². The highest BCUT2D eigenvalue weighted by molar-refractivity contribution is 5.91. The monoisotopic (exact) mass is 365 g/mol. The number of halogens is 1. The second kappa shape index (κ2) is 9.50. The van der Waals surface area contributed by atoms with Crippen molar-refractivity contribution in [1.82, 2.24) is 25.6 Å². The van der Waals surface area contributed by atoms with Crippen LogP contribution in [-0.4, -0.2) is 41.1 Å². The summed E-state index contributed by atoms with van der Waals surface area (Å²) in [4.78, 5) is 12.2. The Hall–Kier alpha value is -1.96. The van der Waals surface area contributed by atoms with Crippen molar-refractivity contribution in [3.8, 4) is 0 Å². The Balaban J connectivity index is 0.00000225. The first-order chi connectivity index (χ1) is 11.8. The van der Waals surface area contributed by atoms with Gasteiger partial charge in [-0.1, -0.05) is 29.5 Å². The Bertz CT molecular complexity index is 668. The molecule has 0 radical (unpaired) electrons. The van der Waals surface area contributed by atoms with Gasteiger partial charge in [0, 0.05) is 13.7 Å². The molecule has 25 heavy (non-hydrogen) atoms. The number of amides is 1. The van der Waals surface area contributed by atoms with Gasteiger partial charge in [-0.2, -0.15) is 0 Å². The Morgan fingerprint density at radius 3 is 2.64 bits per heavy atom. The van der Waals surface area contributed by atoms with E-state index in [4.69, 9.17) is 4.74 Å². The number of hydrogen-bond acceptors (Lipinski definition) is 5. The van der Waals surface area contributed by atoms with Crippen LogP contribution in [0.4, 0.5) is 0 Å². The SMILES string of the molecule is COCc1ccc(CNC(=O)c2cn(C3CCNCC3)nn2)cc1.Cl. The summed E-state index contributed by atoms with van der Waals surface area (Å²) in [6, 6.07) is 8.30. The van der Waals surface area contributed by atoms with Gasteiger partial charge >= 0.3 is 0 Å². The third kappa shape index (κ3) is 5.26. The molecule has 0 atom stereocenters. The standard InChI is InChI=1S/C17H23N5O2.ClH/c1-24-12-14-4-2-13(3-5-14)10-19-17(23)16-11-22(21-20-16)15-6-8-18-9-7-15;/h2-5,11,15,18H,6-10,12H2,1H3,(H,19,23);1H. The van der Waals surface area contributed by atoms with Gasteiger partial charge in [0.05, 0.1) is 18.8 Å². The van der Waals surface area contributed by atoms with Crippen molar-refractivity contribution in [3.05, 3.63) is 47.3 Å². The van der Waals surface area contributed by atoms with Gasteiger partial charge in [-0.3, -0.25) is 4.79 Å². The minimum Gasteiger partial charge on any atom is -0.380 e. The summed E-state index contributed by atoms with van der Waals surface area (Å²) in [5.41, 5.74) is 2.51. The van der Waals surface area contributed by atoms with E-state index >= 15 is 0 Å². The number of piperidine rings is 1. The number of carbonyl (C=O) groups excluding carboxylic acids is 1. The lowest BCUT2D eigenvalue weighted by molar-refractivity contribution is 0.0946. The van der Waals surface area contributed by atoms with E-state index in [1.807, 2.05) is 28.9 Å². The molecule has 0 saturated carbocycles. The van der Waals surface area contributed by atoms with Crippen LogP contribution < -0.4 is 10.6 Å². The molecule has 0 unspecified atom stereocenters. The molecular formula is C17H24ClN5O2. The summed E-state index contributed by atoms with van der Waals surface area (Å²) < 4.78 is 6.90. The molecule has 2 heterocycles. The molecule has 2 aromatic rings. The third-order valence-corrected chi connectivity index (χ3v) is 4.21. The van der Waals surface area contributed by atoms with E-state index in [-0.39, 0.29) is 18.3 Å². The first kappa shape index (κ1) is 19.4. The predicted molar refractivity (Wildman–Crippen MR) is 96.7 cm³/mol. The molecule has 1 saturated heterocycles. The van der Waals surface area contributed by atoms with Crippen molar-refractivity contribution in [2.45, 2.75) is 32.0 Å². The van der Waals surface area contributed by atoms with Gasteiger partial charge in [0.25, 0.3) is 5.91 Å². The lowest BCUT2D eigenvalue weighted by Crippen LogP contribution is -2.29. The molecule has 0 bridgehead atoms. The zero-order chi connectivity index (χ0) is 16.8. The summed E-state index contributed by atoms with van der Waals surface area (Å²) in [6.07, 6.45) is 3.77. The Kier molecular flexibility index (Phi) is 7.36. The molecule has 3 rings (SSSR count). The molecule has 1 aliphatic heterocycles. The smallest absolute Gasteiger partial charge is 0.273 e. The van der Waals surface area contributed by atoms with E-state index in [9.17, 15) is 4.79 Å². The van der Waals surface area contributed by atoms with Crippen LogP contribution in [0, 0.1) is 0 Å². The number of nitrogens with zero attached hydrogens (tertiary/aromatic N) is 3. The average molecular weight is 366 g/mol. The molecule has 7 nitrogen and oxygen atoms in total. The van der Waals surface area contributed by atoms with Crippen molar-refractivity contribution in [3.63, 3.8) is 0 Å². The Morgan fingerprint density at radius 1 is 1.28 bits per heavy atom. The molecule has 8 heteroatoms. The molecule has 2 N–H and O–H groups in total. The molecule has 1 aromatic heterocycles. The second-order valence-corrected chi connectivity index (χ2v) is 6.00.